The number of rotatable bonds is 2. The van der Waals surface area contributed by atoms with Gasteiger partial charge in [0.2, 0.25) is 0 Å². The van der Waals surface area contributed by atoms with Crippen molar-refractivity contribution in [3.05, 3.63) is 21.9 Å². The van der Waals surface area contributed by atoms with Crippen molar-refractivity contribution in [2.24, 2.45) is 0 Å². The monoisotopic (exact) mass is 314 g/mol. The van der Waals surface area contributed by atoms with E-state index in [-0.39, 0.29) is 12.4 Å². The predicted octanol–water partition coefficient (Wildman–Crippen LogP) is 3.79. The Kier molecular flexibility index (Phi) is 5.17. The van der Waals surface area contributed by atoms with Gasteiger partial charge < -0.3 is 5.32 Å². The maximum Gasteiger partial charge on any atom is 0.0328 e. The third kappa shape index (κ3) is 3.76. The van der Waals surface area contributed by atoms with Gasteiger partial charge in [0.1, 0.15) is 0 Å². The molecule has 3 heterocycles. The van der Waals surface area contributed by atoms with Gasteiger partial charge in [-0.3, -0.25) is 4.90 Å². The number of fused-ring (bicyclic) bond motifs is 2. The van der Waals surface area contributed by atoms with Crippen LogP contribution in [0, 0.1) is 0 Å². The Bertz CT molecular complexity index is 438. The second kappa shape index (κ2) is 6.35. The van der Waals surface area contributed by atoms with Gasteiger partial charge in [-0.1, -0.05) is 20.8 Å². The molecule has 1 aromatic heterocycles. The standard InChI is InChI=1S/C16H26N2S.ClH/c1-16(2,3)15-7-6-14(19-15)11-18-9-8-12-4-5-13(10-18)17-12;/h6-7,12-13,17H,4-5,8-11H2,1-3H3;1H. The summed E-state index contributed by atoms with van der Waals surface area (Å²) in [6, 6.07) is 6.20. The summed E-state index contributed by atoms with van der Waals surface area (Å²) in [7, 11) is 0. The van der Waals surface area contributed by atoms with E-state index in [0.717, 1.165) is 18.6 Å². The Morgan fingerprint density at radius 2 is 1.95 bits per heavy atom. The number of nitrogens with one attached hydrogen (secondary N) is 1. The van der Waals surface area contributed by atoms with E-state index in [1.165, 1.54) is 42.1 Å². The van der Waals surface area contributed by atoms with Crippen LogP contribution in [0.4, 0.5) is 0 Å². The van der Waals surface area contributed by atoms with Crippen molar-refractivity contribution >= 4 is 23.7 Å². The average molecular weight is 315 g/mol. The molecule has 2 bridgehead atoms. The minimum Gasteiger partial charge on any atom is -0.310 e. The lowest BCUT2D eigenvalue weighted by molar-refractivity contribution is 0.253. The predicted molar refractivity (Wildman–Crippen MR) is 90.1 cm³/mol. The number of hydrogen-bond acceptors (Lipinski definition) is 3. The summed E-state index contributed by atoms with van der Waals surface area (Å²) < 4.78 is 0. The van der Waals surface area contributed by atoms with E-state index in [1.807, 2.05) is 11.3 Å². The molecule has 2 atom stereocenters. The van der Waals surface area contributed by atoms with Crippen LogP contribution < -0.4 is 5.32 Å². The van der Waals surface area contributed by atoms with Crippen molar-refractivity contribution in [3.8, 4) is 0 Å². The largest absolute Gasteiger partial charge is 0.310 e. The van der Waals surface area contributed by atoms with Gasteiger partial charge in [-0.15, -0.1) is 23.7 Å². The van der Waals surface area contributed by atoms with Crippen LogP contribution in [0.1, 0.15) is 49.8 Å². The van der Waals surface area contributed by atoms with Gasteiger partial charge in [0, 0.05) is 41.5 Å². The first-order valence-corrected chi connectivity index (χ1v) is 8.40. The van der Waals surface area contributed by atoms with Gasteiger partial charge in [-0.2, -0.15) is 0 Å². The molecule has 3 rings (SSSR count). The quantitative estimate of drug-likeness (QED) is 0.893. The number of thiophene rings is 1. The number of likely N-dealkylation sites (tertiary alicyclic amines) is 1. The fourth-order valence-electron chi connectivity index (χ4n) is 3.25. The van der Waals surface area contributed by atoms with E-state index in [4.69, 9.17) is 0 Å². The first-order chi connectivity index (χ1) is 9.00. The molecule has 2 fully saturated rings. The summed E-state index contributed by atoms with van der Waals surface area (Å²) in [6.45, 7) is 10.5. The first kappa shape index (κ1) is 16.3. The zero-order chi connectivity index (χ0) is 13.5. The Hall–Kier alpha value is -0.0900. The van der Waals surface area contributed by atoms with Crippen LogP contribution in [0.2, 0.25) is 0 Å². The molecule has 2 nitrogen and oxygen atoms in total. The van der Waals surface area contributed by atoms with E-state index in [1.54, 1.807) is 0 Å². The van der Waals surface area contributed by atoms with Gasteiger partial charge in [-0.25, -0.2) is 0 Å². The summed E-state index contributed by atoms with van der Waals surface area (Å²) in [5.41, 5.74) is 0.294. The highest BCUT2D eigenvalue weighted by molar-refractivity contribution is 7.12. The van der Waals surface area contributed by atoms with Crippen molar-refractivity contribution < 1.29 is 0 Å². The zero-order valence-electron chi connectivity index (χ0n) is 12.8. The van der Waals surface area contributed by atoms with Gasteiger partial charge in [-0.05, 0) is 36.8 Å². The maximum absolute atomic E-state index is 3.76. The molecule has 114 valence electrons. The summed E-state index contributed by atoms with van der Waals surface area (Å²) in [5, 5.41) is 3.76. The Morgan fingerprint density at radius 1 is 1.20 bits per heavy atom. The molecule has 0 saturated carbocycles. The van der Waals surface area contributed by atoms with Crippen LogP contribution in [0.25, 0.3) is 0 Å². The fraction of sp³-hybridized carbons (Fsp3) is 0.750. The number of hydrogen-bond donors (Lipinski definition) is 1. The molecule has 1 N–H and O–H groups in total. The Balaban J connectivity index is 0.00000147. The summed E-state index contributed by atoms with van der Waals surface area (Å²) in [6.07, 6.45) is 4.10. The number of halogens is 1. The van der Waals surface area contributed by atoms with E-state index in [0.29, 0.717) is 5.41 Å². The van der Waals surface area contributed by atoms with Crippen molar-refractivity contribution in [2.75, 3.05) is 13.1 Å². The second-order valence-electron chi connectivity index (χ2n) is 7.18. The van der Waals surface area contributed by atoms with Crippen molar-refractivity contribution in [1.82, 2.24) is 10.2 Å². The van der Waals surface area contributed by atoms with Crippen LogP contribution in [0.3, 0.4) is 0 Å². The average Bonchev–Trinajstić information content (AvgIpc) is 2.88. The molecule has 2 aliphatic heterocycles. The third-order valence-electron chi connectivity index (χ3n) is 4.39. The normalized spacial score (nSPS) is 27.1. The summed E-state index contributed by atoms with van der Waals surface area (Å²) in [5.74, 6) is 0. The summed E-state index contributed by atoms with van der Waals surface area (Å²) in [4.78, 5) is 5.69. The fourth-order valence-corrected chi connectivity index (χ4v) is 4.35. The molecule has 20 heavy (non-hydrogen) atoms. The van der Waals surface area contributed by atoms with E-state index < -0.39 is 0 Å². The van der Waals surface area contributed by atoms with E-state index >= 15 is 0 Å². The second-order valence-corrected chi connectivity index (χ2v) is 8.35. The van der Waals surface area contributed by atoms with Crippen molar-refractivity contribution in [3.63, 3.8) is 0 Å². The molecule has 0 amide bonds. The molecular formula is C16H27ClN2S. The lowest BCUT2D eigenvalue weighted by Gasteiger charge is -2.23. The van der Waals surface area contributed by atoms with E-state index in [9.17, 15) is 0 Å². The highest BCUT2D eigenvalue weighted by Crippen LogP contribution is 2.30. The third-order valence-corrected chi connectivity index (χ3v) is 5.88. The van der Waals surface area contributed by atoms with Gasteiger partial charge in [0.15, 0.2) is 0 Å². The maximum atomic E-state index is 3.76. The van der Waals surface area contributed by atoms with Crippen LogP contribution in [0.15, 0.2) is 12.1 Å². The molecule has 4 heteroatoms. The van der Waals surface area contributed by atoms with Crippen molar-refractivity contribution in [1.29, 1.82) is 0 Å². The molecule has 0 aromatic carbocycles. The van der Waals surface area contributed by atoms with Crippen LogP contribution >= 0.6 is 23.7 Å². The molecule has 1 aromatic rings. The minimum absolute atomic E-state index is 0. The molecule has 0 aliphatic carbocycles. The van der Waals surface area contributed by atoms with Gasteiger partial charge in [0.05, 0.1) is 0 Å². The van der Waals surface area contributed by atoms with Crippen LogP contribution in [-0.4, -0.2) is 30.1 Å². The molecule has 2 unspecified atom stereocenters. The Labute approximate surface area is 133 Å². The zero-order valence-corrected chi connectivity index (χ0v) is 14.4. The SMILES string of the molecule is CC(C)(C)c1ccc(CN2CCC3CCC(C2)N3)s1.Cl. The minimum atomic E-state index is 0. The lowest BCUT2D eigenvalue weighted by Crippen LogP contribution is -2.34. The van der Waals surface area contributed by atoms with Crippen LogP contribution in [0.5, 0.6) is 0 Å². The van der Waals surface area contributed by atoms with Crippen molar-refractivity contribution in [2.45, 2.75) is 64.1 Å². The number of nitrogens with zero attached hydrogens (tertiary/aromatic N) is 1. The summed E-state index contributed by atoms with van der Waals surface area (Å²) >= 11 is 2.00. The van der Waals surface area contributed by atoms with Gasteiger partial charge >= 0.3 is 0 Å². The van der Waals surface area contributed by atoms with Gasteiger partial charge in [0.25, 0.3) is 0 Å². The molecule has 0 spiro atoms. The molecule has 0 radical (unpaired) electrons. The van der Waals surface area contributed by atoms with E-state index in [2.05, 4.69) is 43.1 Å². The van der Waals surface area contributed by atoms with Crippen LogP contribution in [-0.2, 0) is 12.0 Å². The lowest BCUT2D eigenvalue weighted by atomic mass is 9.95. The smallest absolute Gasteiger partial charge is 0.0328 e. The first-order valence-electron chi connectivity index (χ1n) is 7.58. The highest BCUT2D eigenvalue weighted by atomic mass is 35.5. The molecule has 2 aliphatic rings. The Morgan fingerprint density at radius 3 is 2.65 bits per heavy atom. The topological polar surface area (TPSA) is 15.3 Å². The molecular weight excluding hydrogens is 288 g/mol. The molecule has 2 saturated heterocycles. The highest BCUT2D eigenvalue weighted by Gasteiger charge is 2.29.